The molecule has 0 atom stereocenters. The van der Waals surface area contributed by atoms with Gasteiger partial charge in [0.2, 0.25) is 15.2 Å². The maximum atomic E-state index is 12.7. The van der Waals surface area contributed by atoms with Crippen molar-refractivity contribution in [1.82, 2.24) is 9.29 Å². The van der Waals surface area contributed by atoms with Crippen LogP contribution in [0.4, 0.5) is 5.13 Å². The van der Waals surface area contributed by atoms with Crippen molar-refractivity contribution < 1.29 is 13.5 Å². The molecule has 29 heavy (non-hydrogen) atoms. The molecule has 0 aliphatic heterocycles. The molecule has 7 nitrogen and oxygen atoms in total. The van der Waals surface area contributed by atoms with Gasteiger partial charge in [0.25, 0.3) is 0 Å². The fourth-order valence-electron chi connectivity index (χ4n) is 2.75. The molecule has 3 rings (SSSR count). The Bertz CT molecular complexity index is 1110. The highest BCUT2D eigenvalue weighted by Crippen LogP contribution is 2.27. The highest BCUT2D eigenvalue weighted by Gasteiger charge is 2.22. The number of nitrogens with one attached hydrogen (secondary N) is 1. The Morgan fingerprint density at radius 1 is 1.17 bits per heavy atom. The van der Waals surface area contributed by atoms with Crippen LogP contribution in [0.3, 0.4) is 0 Å². The molecular formula is C20H22N4O3S2. The summed E-state index contributed by atoms with van der Waals surface area (Å²) < 4.78 is 26.9. The average molecular weight is 431 g/mol. The monoisotopic (exact) mass is 430 g/mol. The van der Waals surface area contributed by atoms with Crippen molar-refractivity contribution >= 4 is 32.7 Å². The van der Waals surface area contributed by atoms with Gasteiger partial charge in [-0.25, -0.2) is 13.4 Å². The topological polar surface area (TPSA) is 94.9 Å². The van der Waals surface area contributed by atoms with Crippen LogP contribution in [0, 0.1) is 0 Å². The van der Waals surface area contributed by atoms with Gasteiger partial charge in [0.05, 0.1) is 16.8 Å². The third kappa shape index (κ3) is 5.00. The lowest BCUT2D eigenvalue weighted by Crippen LogP contribution is -2.30. The van der Waals surface area contributed by atoms with E-state index in [0.29, 0.717) is 23.9 Å². The number of nitrogens with zero attached hydrogens (tertiary/aromatic N) is 3. The number of anilines is 1. The molecular weight excluding hydrogens is 408 g/mol. The molecule has 9 heteroatoms. The van der Waals surface area contributed by atoms with Gasteiger partial charge in [-0.3, -0.25) is 5.43 Å². The smallest absolute Gasteiger partial charge is 0.243 e. The predicted molar refractivity (Wildman–Crippen MR) is 117 cm³/mol. The van der Waals surface area contributed by atoms with E-state index in [1.54, 1.807) is 42.6 Å². The van der Waals surface area contributed by atoms with E-state index in [4.69, 9.17) is 0 Å². The van der Waals surface area contributed by atoms with E-state index < -0.39 is 10.0 Å². The lowest BCUT2D eigenvalue weighted by Gasteiger charge is -2.18. The lowest BCUT2D eigenvalue weighted by atomic mass is 10.2. The molecule has 0 saturated carbocycles. The summed E-state index contributed by atoms with van der Waals surface area (Å²) in [4.78, 5) is 4.73. The van der Waals surface area contributed by atoms with Crippen LogP contribution >= 0.6 is 11.3 Å². The van der Waals surface area contributed by atoms with Gasteiger partial charge in [0, 0.05) is 24.0 Å². The van der Waals surface area contributed by atoms with Gasteiger partial charge < -0.3 is 5.11 Å². The molecule has 0 aliphatic rings. The molecule has 1 aromatic heterocycles. The first-order chi connectivity index (χ1) is 13.9. The van der Waals surface area contributed by atoms with Gasteiger partial charge >= 0.3 is 0 Å². The summed E-state index contributed by atoms with van der Waals surface area (Å²) in [7, 11) is -3.52. The molecule has 0 unspecified atom stereocenters. The zero-order valence-electron chi connectivity index (χ0n) is 16.1. The second-order valence-electron chi connectivity index (χ2n) is 6.12. The number of thiazole rings is 1. The van der Waals surface area contributed by atoms with Crippen molar-refractivity contribution in [2.24, 2.45) is 5.10 Å². The summed E-state index contributed by atoms with van der Waals surface area (Å²) in [6.45, 7) is 4.48. The van der Waals surface area contributed by atoms with Gasteiger partial charge in [0.15, 0.2) is 0 Å². The van der Waals surface area contributed by atoms with E-state index in [9.17, 15) is 13.5 Å². The quantitative estimate of drug-likeness (QED) is 0.416. The van der Waals surface area contributed by atoms with Gasteiger partial charge in [-0.2, -0.15) is 9.41 Å². The lowest BCUT2D eigenvalue weighted by molar-refractivity contribution is 0.445. The van der Waals surface area contributed by atoms with Crippen molar-refractivity contribution in [2.45, 2.75) is 18.7 Å². The third-order valence-electron chi connectivity index (χ3n) is 4.22. The Balaban J connectivity index is 1.77. The average Bonchev–Trinajstić information content (AvgIpc) is 3.18. The Labute approximate surface area is 174 Å². The minimum Gasteiger partial charge on any atom is -0.508 e. The van der Waals surface area contributed by atoms with Gasteiger partial charge in [-0.1, -0.05) is 38.1 Å². The fourth-order valence-corrected chi connectivity index (χ4v) is 4.93. The minimum absolute atomic E-state index is 0.171. The summed E-state index contributed by atoms with van der Waals surface area (Å²) in [5.74, 6) is 0.171. The zero-order chi connectivity index (χ0) is 20.9. The maximum Gasteiger partial charge on any atom is 0.243 e. The van der Waals surface area contributed by atoms with Crippen LogP contribution in [0.25, 0.3) is 11.3 Å². The number of phenols is 1. The summed E-state index contributed by atoms with van der Waals surface area (Å²) >= 11 is 1.37. The SMILES string of the molecule is CCN(CC)S(=O)(=O)c1cccc(-c2csc(N/N=C/c3cccc(O)c3)n2)c1. The number of aromatic hydroxyl groups is 1. The van der Waals surface area contributed by atoms with Crippen molar-refractivity contribution in [3.05, 3.63) is 59.5 Å². The van der Waals surface area contributed by atoms with Crippen LogP contribution in [0.5, 0.6) is 5.75 Å². The molecule has 152 valence electrons. The number of hydrogen-bond donors (Lipinski definition) is 2. The Morgan fingerprint density at radius 3 is 2.66 bits per heavy atom. The Morgan fingerprint density at radius 2 is 1.93 bits per heavy atom. The van der Waals surface area contributed by atoms with Crippen LogP contribution in [0.1, 0.15) is 19.4 Å². The molecule has 3 aromatic rings. The van der Waals surface area contributed by atoms with E-state index >= 15 is 0 Å². The molecule has 0 amide bonds. The van der Waals surface area contributed by atoms with Crippen LogP contribution < -0.4 is 5.43 Å². The van der Waals surface area contributed by atoms with Crippen molar-refractivity contribution in [1.29, 1.82) is 0 Å². The highest BCUT2D eigenvalue weighted by molar-refractivity contribution is 7.89. The number of phenolic OH excluding ortho intramolecular Hbond substituents is 1. The summed E-state index contributed by atoms with van der Waals surface area (Å²) in [6.07, 6.45) is 1.58. The summed E-state index contributed by atoms with van der Waals surface area (Å²) in [5, 5.41) is 16.0. The molecule has 0 spiro atoms. The molecule has 0 bridgehead atoms. The molecule has 0 saturated heterocycles. The van der Waals surface area contributed by atoms with Crippen molar-refractivity contribution in [3.8, 4) is 17.0 Å². The van der Waals surface area contributed by atoms with Gasteiger partial charge in [0.1, 0.15) is 5.75 Å². The van der Waals surface area contributed by atoms with Crippen LogP contribution in [0.15, 0.2) is 63.9 Å². The molecule has 2 N–H and O–H groups in total. The van der Waals surface area contributed by atoms with Crippen molar-refractivity contribution in [3.63, 3.8) is 0 Å². The first-order valence-electron chi connectivity index (χ1n) is 9.08. The first-order valence-corrected chi connectivity index (χ1v) is 11.4. The number of sulfonamides is 1. The number of rotatable bonds is 8. The zero-order valence-corrected chi connectivity index (χ0v) is 17.7. The number of hydrogen-bond acceptors (Lipinski definition) is 7. The fraction of sp³-hybridized carbons (Fsp3) is 0.200. The summed E-state index contributed by atoms with van der Waals surface area (Å²) in [6, 6.07) is 13.5. The first kappa shape index (κ1) is 21.0. The van der Waals surface area contributed by atoms with E-state index in [1.807, 2.05) is 31.4 Å². The molecule has 0 fully saturated rings. The maximum absolute atomic E-state index is 12.7. The molecule has 0 radical (unpaired) electrons. The third-order valence-corrected chi connectivity index (χ3v) is 7.01. The second-order valence-corrected chi connectivity index (χ2v) is 8.92. The summed E-state index contributed by atoms with van der Waals surface area (Å²) in [5.41, 5.74) is 5.00. The highest BCUT2D eigenvalue weighted by atomic mass is 32.2. The van der Waals surface area contributed by atoms with Crippen LogP contribution in [-0.4, -0.2) is 42.1 Å². The number of aromatic nitrogens is 1. The van der Waals surface area contributed by atoms with E-state index in [0.717, 1.165) is 11.1 Å². The molecule has 0 aliphatic carbocycles. The van der Waals surface area contributed by atoms with E-state index in [1.165, 1.54) is 15.6 Å². The minimum atomic E-state index is -3.52. The largest absolute Gasteiger partial charge is 0.508 e. The normalized spacial score (nSPS) is 12.0. The number of benzene rings is 2. The van der Waals surface area contributed by atoms with Gasteiger partial charge in [-0.05, 0) is 29.8 Å². The van der Waals surface area contributed by atoms with Crippen LogP contribution in [0.2, 0.25) is 0 Å². The number of hydrazone groups is 1. The van der Waals surface area contributed by atoms with Crippen molar-refractivity contribution in [2.75, 3.05) is 18.5 Å². The molecule has 1 heterocycles. The second kappa shape index (κ2) is 9.17. The Hall–Kier alpha value is -2.75. The predicted octanol–water partition coefficient (Wildman–Crippen LogP) is 3.99. The van der Waals surface area contributed by atoms with Gasteiger partial charge in [-0.15, -0.1) is 11.3 Å². The standard InChI is InChI=1S/C20H22N4O3S2/c1-3-24(4-2)29(26,27)18-10-6-8-16(12-18)19-14-28-20(22-19)23-21-13-15-7-5-9-17(25)11-15/h5-14,25H,3-4H2,1-2H3,(H,22,23)/b21-13+. The molecule has 2 aromatic carbocycles. The van der Waals surface area contributed by atoms with E-state index in [-0.39, 0.29) is 10.6 Å². The Kier molecular flexibility index (Phi) is 6.63. The van der Waals surface area contributed by atoms with Crippen LogP contribution in [-0.2, 0) is 10.0 Å². The van der Waals surface area contributed by atoms with E-state index in [2.05, 4.69) is 15.5 Å².